The number of cyclic esters (lactones) is 1. The number of benzene rings is 1. The Morgan fingerprint density at radius 2 is 2.05 bits per heavy atom. The molecule has 1 aromatic rings. The zero-order valence-corrected chi connectivity index (χ0v) is 12.0. The van der Waals surface area contributed by atoms with Gasteiger partial charge in [0.25, 0.3) is 5.69 Å². The lowest BCUT2D eigenvalue weighted by Crippen LogP contribution is -2.32. The van der Waals surface area contributed by atoms with Gasteiger partial charge in [0.2, 0.25) is 0 Å². The largest absolute Gasteiger partial charge is 0.461 e. The van der Waals surface area contributed by atoms with E-state index in [9.17, 15) is 14.9 Å². The van der Waals surface area contributed by atoms with E-state index in [1.165, 1.54) is 12.1 Å². The number of ether oxygens (including phenoxy) is 1. The molecule has 1 atom stereocenters. The van der Waals surface area contributed by atoms with E-state index in [1.54, 1.807) is 12.1 Å². The predicted octanol–water partition coefficient (Wildman–Crippen LogP) is 3.60. The van der Waals surface area contributed by atoms with Crippen LogP contribution in [0.4, 0.5) is 5.69 Å². The molecule has 1 aliphatic heterocycles. The molecule has 0 spiro atoms. The van der Waals surface area contributed by atoms with Crippen LogP contribution in [0.15, 0.2) is 28.7 Å². The van der Waals surface area contributed by atoms with Gasteiger partial charge in [0.05, 0.1) is 16.4 Å². The number of carbonyl (C=O) groups is 1. The molecule has 0 radical (unpaired) electrons. The number of hydrogen-bond acceptors (Lipinski definition) is 4. The minimum atomic E-state index is -0.468. The topological polar surface area (TPSA) is 69.4 Å². The highest BCUT2D eigenvalue weighted by Crippen LogP contribution is 2.33. The number of non-ortho nitro benzene ring substituents is 1. The molecule has 0 N–H and O–H groups in total. The Morgan fingerprint density at radius 3 is 2.53 bits per heavy atom. The molecular formula is C12H9BrClNO4. The van der Waals surface area contributed by atoms with Crippen molar-refractivity contribution in [2.24, 2.45) is 0 Å². The van der Waals surface area contributed by atoms with Crippen LogP contribution in [0, 0.1) is 10.1 Å². The summed E-state index contributed by atoms with van der Waals surface area (Å²) in [6.07, 6.45) is 0.745. The van der Waals surface area contributed by atoms with Crippen molar-refractivity contribution in [3.05, 3.63) is 44.4 Å². The third-order valence-corrected chi connectivity index (χ3v) is 4.06. The van der Waals surface area contributed by atoms with Crippen LogP contribution in [0.3, 0.4) is 0 Å². The Bertz CT molecular complexity index is 547. The van der Waals surface area contributed by atoms with Gasteiger partial charge in [-0.3, -0.25) is 14.9 Å². The zero-order chi connectivity index (χ0) is 14.0. The van der Waals surface area contributed by atoms with Crippen molar-refractivity contribution in [2.45, 2.75) is 18.9 Å². The molecule has 1 aliphatic rings. The Hall–Kier alpha value is -1.40. The Labute approximate surface area is 122 Å². The van der Waals surface area contributed by atoms with Crippen molar-refractivity contribution in [3.63, 3.8) is 0 Å². The first-order valence-electron chi connectivity index (χ1n) is 5.46. The van der Waals surface area contributed by atoms with Crippen molar-refractivity contribution >= 4 is 44.2 Å². The fourth-order valence-electron chi connectivity index (χ4n) is 1.65. The predicted molar refractivity (Wildman–Crippen MR) is 73.9 cm³/mol. The Morgan fingerprint density at radius 1 is 1.47 bits per heavy atom. The number of rotatable bonds is 4. The van der Waals surface area contributed by atoms with E-state index in [-0.39, 0.29) is 17.8 Å². The number of nitro benzene ring substituents is 1. The molecule has 0 aliphatic carbocycles. The molecule has 0 bridgehead atoms. The third-order valence-electron chi connectivity index (χ3n) is 2.67. The number of hydrogen-bond donors (Lipinski definition) is 0. The SMILES string of the molecule is O=C1C[C@@H](C/C(Br)=C(/Cl)c2ccc([N+](=O)[O-])cc2)O1. The van der Waals surface area contributed by atoms with Gasteiger partial charge < -0.3 is 4.74 Å². The fourth-order valence-corrected chi connectivity index (χ4v) is 2.44. The summed E-state index contributed by atoms with van der Waals surface area (Å²) in [5.74, 6) is -0.211. The van der Waals surface area contributed by atoms with Gasteiger partial charge in [0.1, 0.15) is 6.10 Å². The van der Waals surface area contributed by atoms with Crippen molar-refractivity contribution in [1.29, 1.82) is 0 Å². The molecule has 7 heteroatoms. The molecule has 0 amide bonds. The first kappa shape index (κ1) is 14.0. The molecule has 1 heterocycles. The van der Waals surface area contributed by atoms with Crippen LogP contribution in [-0.4, -0.2) is 17.0 Å². The standard InChI is InChI=1S/C12H9BrClNO4/c13-10(5-9-6-11(16)19-9)12(14)7-1-3-8(4-2-7)15(17)18/h1-4,9H,5-6H2/b12-10-/t9-/m1/s1. The molecule has 0 unspecified atom stereocenters. The van der Waals surface area contributed by atoms with Crippen LogP contribution in [0.1, 0.15) is 18.4 Å². The average molecular weight is 347 g/mol. The van der Waals surface area contributed by atoms with Gasteiger partial charge in [-0.2, -0.15) is 0 Å². The average Bonchev–Trinajstić information content (AvgIpc) is 2.36. The molecule has 2 rings (SSSR count). The molecule has 100 valence electrons. The maximum Gasteiger partial charge on any atom is 0.309 e. The summed E-state index contributed by atoms with van der Waals surface area (Å²) in [5, 5.41) is 11.0. The highest BCUT2D eigenvalue weighted by molar-refractivity contribution is 9.11. The third kappa shape index (κ3) is 3.33. The molecule has 0 aromatic heterocycles. The zero-order valence-electron chi connectivity index (χ0n) is 9.64. The van der Waals surface area contributed by atoms with E-state index in [4.69, 9.17) is 16.3 Å². The molecule has 1 saturated heterocycles. The molecule has 19 heavy (non-hydrogen) atoms. The normalized spacial score (nSPS) is 19.3. The molecule has 5 nitrogen and oxygen atoms in total. The first-order chi connectivity index (χ1) is 8.97. The van der Waals surface area contributed by atoms with E-state index in [2.05, 4.69) is 15.9 Å². The van der Waals surface area contributed by atoms with Crippen LogP contribution in [-0.2, 0) is 9.53 Å². The summed E-state index contributed by atoms with van der Waals surface area (Å²) in [6.45, 7) is 0. The first-order valence-corrected chi connectivity index (χ1v) is 6.63. The second-order valence-corrected chi connectivity index (χ2v) is 5.38. The van der Waals surface area contributed by atoms with E-state index in [0.717, 1.165) is 0 Å². The van der Waals surface area contributed by atoms with Crippen molar-refractivity contribution < 1.29 is 14.5 Å². The molecular weight excluding hydrogens is 337 g/mol. The molecule has 1 fully saturated rings. The number of carbonyl (C=O) groups excluding carboxylic acids is 1. The van der Waals surface area contributed by atoms with Gasteiger partial charge in [-0.15, -0.1) is 0 Å². The lowest BCUT2D eigenvalue weighted by Gasteiger charge is -2.25. The van der Waals surface area contributed by atoms with E-state index in [0.29, 0.717) is 27.9 Å². The summed E-state index contributed by atoms with van der Waals surface area (Å²) in [7, 11) is 0. The smallest absolute Gasteiger partial charge is 0.309 e. The van der Waals surface area contributed by atoms with Crippen LogP contribution in [0.2, 0.25) is 0 Å². The van der Waals surface area contributed by atoms with Gasteiger partial charge in [0, 0.05) is 23.0 Å². The van der Waals surface area contributed by atoms with Crippen molar-refractivity contribution in [3.8, 4) is 0 Å². The lowest BCUT2D eigenvalue weighted by atomic mass is 10.1. The number of nitrogens with zero attached hydrogens (tertiary/aromatic N) is 1. The van der Waals surface area contributed by atoms with Gasteiger partial charge in [-0.1, -0.05) is 27.5 Å². The van der Waals surface area contributed by atoms with Gasteiger partial charge in [-0.05, 0) is 17.7 Å². The number of nitro groups is 1. The number of esters is 1. The van der Waals surface area contributed by atoms with E-state index in [1.807, 2.05) is 0 Å². The monoisotopic (exact) mass is 345 g/mol. The van der Waals surface area contributed by atoms with Gasteiger partial charge in [0.15, 0.2) is 0 Å². The second-order valence-electron chi connectivity index (χ2n) is 4.04. The fraction of sp³-hybridized carbons (Fsp3) is 0.250. The number of halogens is 2. The second kappa shape index (κ2) is 5.71. The lowest BCUT2D eigenvalue weighted by molar-refractivity contribution is -0.384. The minimum absolute atomic E-state index is 0.0114. The van der Waals surface area contributed by atoms with E-state index < -0.39 is 4.92 Å². The van der Waals surface area contributed by atoms with Crippen molar-refractivity contribution in [2.75, 3.05) is 0 Å². The van der Waals surface area contributed by atoms with Crippen LogP contribution in [0.25, 0.3) is 5.03 Å². The minimum Gasteiger partial charge on any atom is -0.461 e. The molecule has 1 aromatic carbocycles. The summed E-state index contributed by atoms with van der Waals surface area (Å²) in [6, 6.07) is 5.94. The summed E-state index contributed by atoms with van der Waals surface area (Å²) in [4.78, 5) is 20.8. The van der Waals surface area contributed by atoms with Crippen LogP contribution >= 0.6 is 27.5 Å². The Balaban J connectivity index is 2.10. The molecule has 0 saturated carbocycles. The highest BCUT2D eigenvalue weighted by Gasteiger charge is 2.29. The van der Waals surface area contributed by atoms with Crippen molar-refractivity contribution in [1.82, 2.24) is 0 Å². The van der Waals surface area contributed by atoms with Crippen LogP contribution in [0.5, 0.6) is 0 Å². The maximum absolute atomic E-state index is 10.7. The summed E-state index contributed by atoms with van der Waals surface area (Å²) >= 11 is 9.52. The summed E-state index contributed by atoms with van der Waals surface area (Å²) in [5.41, 5.74) is 0.682. The van der Waals surface area contributed by atoms with E-state index >= 15 is 0 Å². The Kier molecular flexibility index (Phi) is 4.21. The van der Waals surface area contributed by atoms with Gasteiger partial charge >= 0.3 is 5.97 Å². The summed E-state index contributed by atoms with van der Waals surface area (Å²) < 4.78 is 5.60. The van der Waals surface area contributed by atoms with Gasteiger partial charge in [-0.25, -0.2) is 0 Å². The van der Waals surface area contributed by atoms with Crippen LogP contribution < -0.4 is 0 Å². The highest BCUT2D eigenvalue weighted by atomic mass is 79.9. The quantitative estimate of drug-likeness (QED) is 0.474. The maximum atomic E-state index is 10.7.